The van der Waals surface area contributed by atoms with E-state index < -0.39 is 12.4 Å². The van der Waals surface area contributed by atoms with Crippen molar-refractivity contribution in [3.63, 3.8) is 0 Å². The molecule has 0 rings (SSSR count). The van der Waals surface area contributed by atoms with Crippen LogP contribution in [0.3, 0.4) is 0 Å². The van der Waals surface area contributed by atoms with Gasteiger partial charge in [0.25, 0.3) is 6.08 Å². The van der Waals surface area contributed by atoms with Gasteiger partial charge in [0, 0.05) is 0 Å². The van der Waals surface area contributed by atoms with Gasteiger partial charge in [-0.05, 0) is 0 Å². The predicted molar refractivity (Wildman–Crippen MR) is 21.2 cm³/mol. The van der Waals surface area contributed by atoms with Crippen LogP contribution < -0.4 is 0 Å². The summed E-state index contributed by atoms with van der Waals surface area (Å²) in [5.41, 5.74) is 0. The first-order valence-electron chi connectivity index (χ1n) is 0.885. The van der Waals surface area contributed by atoms with Crippen molar-refractivity contribution in [1.29, 1.82) is 0 Å². The van der Waals surface area contributed by atoms with Crippen LogP contribution in [-0.4, -0.2) is 0 Å². The maximum atomic E-state index is 10.2. The summed E-state index contributed by atoms with van der Waals surface area (Å²) in [6.45, 7) is 0. The average Bonchev–Trinajstić information content (AvgIpc) is 1.38. The van der Waals surface area contributed by atoms with Crippen molar-refractivity contribution in [1.82, 2.24) is 0 Å². The highest BCUT2D eigenvalue weighted by molar-refractivity contribution is 5.85. The average molecular weight is 138 g/mol. The molecule has 0 N–H and O–H groups in total. The topological polar surface area (TPSA) is 0 Å². The van der Waals surface area contributed by atoms with Gasteiger partial charge in [0.2, 0.25) is 0 Å². The van der Waals surface area contributed by atoms with E-state index in [0.29, 0.717) is 0 Å². The van der Waals surface area contributed by atoms with Gasteiger partial charge in [0.1, 0.15) is 0 Å². The van der Waals surface area contributed by atoms with Crippen molar-refractivity contribution in [2.24, 2.45) is 0 Å². The molecule has 0 bridgehead atoms. The highest BCUT2D eigenvalue weighted by Gasteiger charge is 1.78. The van der Waals surface area contributed by atoms with E-state index in [1.165, 1.54) is 0 Å². The van der Waals surface area contributed by atoms with Crippen molar-refractivity contribution in [3.8, 4) is 0 Å². The molecule has 0 aliphatic rings. The van der Waals surface area contributed by atoms with Gasteiger partial charge in [-0.25, -0.2) is 4.39 Å². The Balaban J connectivity index is -0.0000000800. The van der Waals surface area contributed by atoms with E-state index >= 15 is 0 Å². The summed E-state index contributed by atoms with van der Waals surface area (Å²) in [6.07, 6.45) is -3.04. The molecule has 0 saturated carbocycles. The molecule has 0 nitrogen and oxygen atoms in total. The summed E-state index contributed by atoms with van der Waals surface area (Å²) in [5, 5.41) is 0. The lowest BCUT2D eigenvalue weighted by atomic mass is 11.1. The minimum absolute atomic E-state index is 0. The molecular formula is C2H3ClF4. The Labute approximate surface area is 43.8 Å². The summed E-state index contributed by atoms with van der Waals surface area (Å²) in [4.78, 5) is 0. The van der Waals surface area contributed by atoms with Gasteiger partial charge in [0.05, 0.1) is 0 Å². The molecule has 46 valence electrons. The predicted octanol–water partition coefficient (Wildman–Crippen LogP) is 2.27. The molecule has 0 atom stereocenters. The highest BCUT2D eigenvalue weighted by atomic mass is 35.5. The van der Waals surface area contributed by atoms with Crippen LogP contribution in [-0.2, 0) is 0 Å². The fourth-order valence-corrected chi connectivity index (χ4v) is 0. The Morgan fingerprint density at radius 3 is 1.43 bits per heavy atom. The van der Waals surface area contributed by atoms with Crippen molar-refractivity contribution in [3.05, 3.63) is 12.4 Å². The Bertz CT molecular complexity index is 47.7. The Hall–Kier alpha value is -0.250. The van der Waals surface area contributed by atoms with E-state index in [9.17, 15) is 13.2 Å². The lowest BCUT2D eigenvalue weighted by molar-refractivity contribution is 0.400. The second-order valence-corrected chi connectivity index (χ2v) is 0.399. The molecule has 0 heterocycles. The first kappa shape index (κ1) is 15.9. The van der Waals surface area contributed by atoms with Crippen LogP contribution in [0.5, 0.6) is 0 Å². The molecule has 7 heavy (non-hydrogen) atoms. The highest BCUT2D eigenvalue weighted by Crippen LogP contribution is 1.93. The molecule has 0 spiro atoms. The first-order chi connectivity index (χ1) is 2.27. The second kappa shape index (κ2) is 9.23. The van der Waals surface area contributed by atoms with Crippen LogP contribution in [0, 0.1) is 0 Å². The SMILES string of the molecule is Cl.F.FC=C(F)F. The second-order valence-electron chi connectivity index (χ2n) is 0.399. The Morgan fingerprint density at radius 2 is 1.43 bits per heavy atom. The summed E-state index contributed by atoms with van der Waals surface area (Å²) < 4.78 is 30.7. The van der Waals surface area contributed by atoms with Crippen molar-refractivity contribution >= 4 is 12.4 Å². The fourth-order valence-electron chi connectivity index (χ4n) is 0. The standard InChI is InChI=1S/C2HF3.ClH.FH/c3-1-2(4)5;;/h1H;2*1H. The monoisotopic (exact) mass is 138 g/mol. The Morgan fingerprint density at radius 1 is 1.29 bits per heavy atom. The first-order valence-corrected chi connectivity index (χ1v) is 0.885. The van der Waals surface area contributed by atoms with Gasteiger partial charge >= 0.3 is 0 Å². The van der Waals surface area contributed by atoms with Crippen molar-refractivity contribution in [2.45, 2.75) is 0 Å². The molecular weight excluding hydrogens is 135 g/mol. The quantitative estimate of drug-likeness (QED) is 0.451. The van der Waals surface area contributed by atoms with E-state index in [1.807, 2.05) is 0 Å². The molecule has 0 aromatic rings. The van der Waals surface area contributed by atoms with E-state index in [-0.39, 0.29) is 17.1 Å². The molecule has 0 aliphatic carbocycles. The summed E-state index contributed by atoms with van der Waals surface area (Å²) in [6, 6.07) is 0. The lowest BCUT2D eigenvalue weighted by Gasteiger charge is -1.59. The summed E-state index contributed by atoms with van der Waals surface area (Å²) in [5.74, 6) is 0. The largest absolute Gasteiger partial charge is 0.298 e. The molecule has 0 unspecified atom stereocenters. The van der Waals surface area contributed by atoms with Crippen molar-refractivity contribution < 1.29 is 17.9 Å². The smallest absolute Gasteiger partial charge is 0.269 e. The van der Waals surface area contributed by atoms with Crippen LogP contribution in [0.25, 0.3) is 0 Å². The zero-order valence-electron chi connectivity index (χ0n) is 3.03. The van der Waals surface area contributed by atoms with Crippen molar-refractivity contribution in [2.75, 3.05) is 0 Å². The molecule has 0 aliphatic heterocycles. The summed E-state index contributed by atoms with van der Waals surface area (Å²) >= 11 is 0. The number of hydrogen-bond acceptors (Lipinski definition) is 0. The third-order valence-electron chi connectivity index (χ3n) is 0.0825. The molecule has 5 heteroatoms. The number of hydrogen-bond donors (Lipinski definition) is 0. The van der Waals surface area contributed by atoms with E-state index in [0.717, 1.165) is 0 Å². The molecule has 0 aromatic carbocycles. The fraction of sp³-hybridized carbons (Fsp3) is 0. The van der Waals surface area contributed by atoms with Gasteiger partial charge < -0.3 is 0 Å². The molecule has 0 radical (unpaired) electrons. The third-order valence-corrected chi connectivity index (χ3v) is 0.0825. The molecule has 0 aromatic heterocycles. The minimum Gasteiger partial charge on any atom is -0.269 e. The minimum atomic E-state index is -2.29. The van der Waals surface area contributed by atoms with Crippen LogP contribution in [0.4, 0.5) is 17.9 Å². The van der Waals surface area contributed by atoms with E-state index in [2.05, 4.69) is 0 Å². The number of halogens is 5. The van der Waals surface area contributed by atoms with Crippen LogP contribution in [0.1, 0.15) is 0 Å². The van der Waals surface area contributed by atoms with E-state index in [1.54, 1.807) is 0 Å². The lowest BCUT2D eigenvalue weighted by Crippen LogP contribution is -1.42. The summed E-state index contributed by atoms with van der Waals surface area (Å²) in [7, 11) is 0. The van der Waals surface area contributed by atoms with Gasteiger partial charge in [-0.2, -0.15) is 8.78 Å². The van der Waals surface area contributed by atoms with Crippen LogP contribution in [0.2, 0.25) is 0 Å². The molecule has 0 amide bonds. The maximum Gasteiger partial charge on any atom is 0.298 e. The Kier molecular flexibility index (Phi) is 20.9. The van der Waals surface area contributed by atoms with E-state index in [4.69, 9.17) is 0 Å². The maximum absolute atomic E-state index is 10.2. The zero-order valence-corrected chi connectivity index (χ0v) is 3.84. The van der Waals surface area contributed by atoms with Gasteiger partial charge in [-0.3, -0.25) is 4.70 Å². The molecule has 0 fully saturated rings. The van der Waals surface area contributed by atoms with Gasteiger partial charge in [-0.15, -0.1) is 12.4 Å². The normalized spacial score (nSPS) is 5.00. The van der Waals surface area contributed by atoms with Crippen LogP contribution in [0.15, 0.2) is 12.4 Å². The van der Waals surface area contributed by atoms with Gasteiger partial charge in [0.15, 0.2) is 6.33 Å². The number of rotatable bonds is 0. The molecule has 0 saturated heterocycles. The third kappa shape index (κ3) is 26.4. The van der Waals surface area contributed by atoms with Gasteiger partial charge in [-0.1, -0.05) is 0 Å². The zero-order chi connectivity index (χ0) is 4.28. The van der Waals surface area contributed by atoms with Crippen LogP contribution >= 0.6 is 12.4 Å².